The fourth-order valence-corrected chi connectivity index (χ4v) is 2.29. The molecule has 0 saturated heterocycles. The Morgan fingerprint density at radius 1 is 1.29 bits per heavy atom. The normalized spacial score (nSPS) is 12.0. The van der Waals surface area contributed by atoms with Gasteiger partial charge in [-0.15, -0.1) is 0 Å². The Hall–Kier alpha value is -1.92. The van der Waals surface area contributed by atoms with Crippen LogP contribution in [0.1, 0.15) is 17.2 Å². The van der Waals surface area contributed by atoms with Crippen molar-refractivity contribution in [1.82, 2.24) is 0 Å². The summed E-state index contributed by atoms with van der Waals surface area (Å²) in [5.74, 6) is 0. The van der Waals surface area contributed by atoms with Gasteiger partial charge in [-0.1, -0.05) is 22.0 Å². The molecule has 1 unspecified atom stereocenters. The number of hydrogen-bond donors (Lipinski definition) is 2. The number of hydrogen-bond acceptors (Lipinski definition) is 4. The van der Waals surface area contributed by atoms with Crippen molar-refractivity contribution in [3.05, 3.63) is 68.2 Å². The molecule has 2 aromatic carbocycles. The van der Waals surface area contributed by atoms with Gasteiger partial charge in [0.25, 0.3) is 5.69 Å². The minimum atomic E-state index is -0.732. The topological polar surface area (TPSA) is 75.4 Å². The number of anilines is 1. The number of nitrogens with zero attached hydrogens (tertiary/aromatic N) is 1. The van der Waals surface area contributed by atoms with Crippen LogP contribution in [-0.4, -0.2) is 16.6 Å². The maximum atomic E-state index is 10.6. The van der Waals surface area contributed by atoms with E-state index in [4.69, 9.17) is 0 Å². The van der Waals surface area contributed by atoms with Crippen LogP contribution in [0.15, 0.2) is 46.9 Å². The quantitative estimate of drug-likeness (QED) is 0.634. The van der Waals surface area contributed by atoms with Crippen molar-refractivity contribution >= 4 is 27.3 Å². The number of nitro benzene ring substituents is 1. The first kappa shape index (κ1) is 15.5. The molecular weight excluding hydrogens is 336 g/mol. The Morgan fingerprint density at radius 3 is 2.57 bits per heavy atom. The van der Waals surface area contributed by atoms with E-state index < -0.39 is 11.0 Å². The third-order valence-electron chi connectivity index (χ3n) is 3.17. The van der Waals surface area contributed by atoms with Gasteiger partial charge in [0, 0.05) is 28.8 Å². The van der Waals surface area contributed by atoms with Crippen molar-refractivity contribution in [2.24, 2.45) is 0 Å². The lowest BCUT2D eigenvalue weighted by Crippen LogP contribution is -2.12. The number of aliphatic hydroxyl groups is 1. The molecule has 110 valence electrons. The third-order valence-corrected chi connectivity index (χ3v) is 3.67. The maximum Gasteiger partial charge on any atom is 0.269 e. The Balaban J connectivity index is 2.02. The van der Waals surface area contributed by atoms with Crippen LogP contribution in [0.3, 0.4) is 0 Å². The van der Waals surface area contributed by atoms with Gasteiger partial charge in [-0.3, -0.25) is 10.1 Å². The summed E-state index contributed by atoms with van der Waals surface area (Å²) in [7, 11) is 0. The van der Waals surface area contributed by atoms with Crippen molar-refractivity contribution in [3.8, 4) is 0 Å². The van der Waals surface area contributed by atoms with E-state index in [2.05, 4.69) is 21.2 Å². The van der Waals surface area contributed by atoms with Crippen molar-refractivity contribution in [2.45, 2.75) is 13.0 Å². The molecule has 2 aromatic rings. The second-order valence-corrected chi connectivity index (χ2v) is 5.62. The summed E-state index contributed by atoms with van der Waals surface area (Å²) in [6.07, 6.45) is -0.732. The molecule has 1 atom stereocenters. The number of nitro groups is 1. The smallest absolute Gasteiger partial charge is 0.269 e. The highest BCUT2D eigenvalue weighted by Crippen LogP contribution is 2.22. The monoisotopic (exact) mass is 350 g/mol. The molecule has 0 fully saturated rings. The summed E-state index contributed by atoms with van der Waals surface area (Å²) < 4.78 is 0.959. The maximum absolute atomic E-state index is 10.6. The molecule has 0 aromatic heterocycles. The van der Waals surface area contributed by atoms with E-state index in [9.17, 15) is 15.2 Å². The molecule has 0 spiro atoms. The number of aryl methyl sites for hydroxylation is 1. The van der Waals surface area contributed by atoms with Crippen molar-refractivity contribution < 1.29 is 10.0 Å². The average Bonchev–Trinajstić information content (AvgIpc) is 2.48. The summed E-state index contributed by atoms with van der Waals surface area (Å²) in [5, 5.41) is 23.9. The highest BCUT2D eigenvalue weighted by molar-refractivity contribution is 9.10. The lowest BCUT2D eigenvalue weighted by Gasteiger charge is -2.15. The summed E-state index contributed by atoms with van der Waals surface area (Å²) >= 11 is 3.40. The number of benzene rings is 2. The molecule has 2 rings (SSSR count). The Bertz CT molecular complexity index is 644. The molecule has 0 saturated carbocycles. The molecule has 0 aliphatic rings. The highest BCUT2D eigenvalue weighted by atomic mass is 79.9. The molecule has 0 aliphatic heterocycles. The lowest BCUT2D eigenvalue weighted by atomic mass is 10.1. The van der Waals surface area contributed by atoms with E-state index in [1.807, 2.05) is 25.1 Å². The number of halogens is 1. The molecule has 0 heterocycles. The molecular formula is C15H15BrN2O3. The van der Waals surface area contributed by atoms with Gasteiger partial charge in [-0.05, 0) is 42.3 Å². The van der Waals surface area contributed by atoms with Crippen LogP contribution >= 0.6 is 15.9 Å². The summed E-state index contributed by atoms with van der Waals surface area (Å²) in [5.41, 5.74) is 2.67. The van der Waals surface area contributed by atoms with Crippen LogP contribution in [0.5, 0.6) is 0 Å². The van der Waals surface area contributed by atoms with Crippen molar-refractivity contribution in [2.75, 3.05) is 11.9 Å². The van der Waals surface area contributed by atoms with Gasteiger partial charge in [-0.25, -0.2) is 0 Å². The largest absolute Gasteiger partial charge is 0.387 e. The number of aliphatic hydroxyl groups excluding tert-OH is 1. The fourth-order valence-electron chi connectivity index (χ4n) is 1.93. The van der Waals surface area contributed by atoms with Gasteiger partial charge in [0.2, 0.25) is 0 Å². The minimum absolute atomic E-state index is 0.0155. The number of non-ortho nitro benzene ring substituents is 1. The standard InChI is InChI=1S/C15H15BrN2O3/c1-10-2-5-12(16)8-14(10)17-9-15(19)11-3-6-13(7-4-11)18(20)21/h2-8,15,17,19H,9H2,1H3. The van der Waals surface area contributed by atoms with Gasteiger partial charge in [-0.2, -0.15) is 0 Å². The van der Waals surface area contributed by atoms with Crippen LogP contribution in [0.25, 0.3) is 0 Å². The van der Waals surface area contributed by atoms with Crippen molar-refractivity contribution in [3.63, 3.8) is 0 Å². The lowest BCUT2D eigenvalue weighted by molar-refractivity contribution is -0.384. The SMILES string of the molecule is Cc1ccc(Br)cc1NCC(O)c1ccc([N+](=O)[O-])cc1. The zero-order chi connectivity index (χ0) is 15.4. The van der Waals surface area contributed by atoms with E-state index in [-0.39, 0.29) is 5.69 Å². The average molecular weight is 351 g/mol. The van der Waals surface area contributed by atoms with Gasteiger partial charge < -0.3 is 10.4 Å². The molecule has 2 N–H and O–H groups in total. The summed E-state index contributed by atoms with van der Waals surface area (Å²) in [6.45, 7) is 2.31. The second kappa shape index (κ2) is 6.69. The van der Waals surface area contributed by atoms with Crippen LogP contribution in [0.4, 0.5) is 11.4 Å². The van der Waals surface area contributed by atoms with E-state index in [0.29, 0.717) is 12.1 Å². The van der Waals surface area contributed by atoms with Gasteiger partial charge in [0.05, 0.1) is 11.0 Å². The van der Waals surface area contributed by atoms with Gasteiger partial charge >= 0.3 is 0 Å². The third kappa shape index (κ3) is 4.03. The van der Waals surface area contributed by atoms with Crippen LogP contribution < -0.4 is 5.32 Å². The van der Waals surface area contributed by atoms with Crippen LogP contribution in [0, 0.1) is 17.0 Å². The molecule has 0 radical (unpaired) electrons. The minimum Gasteiger partial charge on any atom is -0.387 e. The Kier molecular flexibility index (Phi) is 4.93. The van der Waals surface area contributed by atoms with E-state index >= 15 is 0 Å². The first-order chi connectivity index (χ1) is 9.97. The zero-order valence-corrected chi connectivity index (χ0v) is 13.0. The van der Waals surface area contributed by atoms with E-state index in [1.54, 1.807) is 12.1 Å². The van der Waals surface area contributed by atoms with E-state index in [1.165, 1.54) is 12.1 Å². The predicted octanol–water partition coefficient (Wildman–Crippen LogP) is 3.81. The zero-order valence-electron chi connectivity index (χ0n) is 11.4. The van der Waals surface area contributed by atoms with Gasteiger partial charge in [0.15, 0.2) is 0 Å². The summed E-state index contributed by atoms with van der Waals surface area (Å²) in [4.78, 5) is 10.1. The van der Waals surface area contributed by atoms with Gasteiger partial charge in [0.1, 0.15) is 0 Å². The first-order valence-electron chi connectivity index (χ1n) is 6.40. The number of nitrogens with one attached hydrogen (secondary N) is 1. The molecule has 6 heteroatoms. The fraction of sp³-hybridized carbons (Fsp3) is 0.200. The molecule has 0 aliphatic carbocycles. The van der Waals surface area contributed by atoms with Crippen LogP contribution in [-0.2, 0) is 0 Å². The first-order valence-corrected chi connectivity index (χ1v) is 7.19. The molecule has 0 amide bonds. The number of rotatable bonds is 5. The predicted molar refractivity (Wildman–Crippen MR) is 85.4 cm³/mol. The van der Waals surface area contributed by atoms with Crippen LogP contribution in [0.2, 0.25) is 0 Å². The Labute approximate surface area is 130 Å². The Morgan fingerprint density at radius 2 is 1.95 bits per heavy atom. The highest BCUT2D eigenvalue weighted by Gasteiger charge is 2.11. The molecule has 0 bridgehead atoms. The molecule has 5 nitrogen and oxygen atoms in total. The van der Waals surface area contributed by atoms with Crippen molar-refractivity contribution in [1.29, 1.82) is 0 Å². The van der Waals surface area contributed by atoms with E-state index in [0.717, 1.165) is 15.7 Å². The molecule has 21 heavy (non-hydrogen) atoms. The summed E-state index contributed by atoms with van der Waals surface area (Å²) in [6, 6.07) is 11.8. The second-order valence-electron chi connectivity index (χ2n) is 4.70.